The van der Waals surface area contributed by atoms with Gasteiger partial charge >= 0.3 is 0 Å². The molecule has 1 rings (SSSR count). The number of hydrogen-bond acceptors (Lipinski definition) is 2. The van der Waals surface area contributed by atoms with Crippen molar-refractivity contribution in [3.05, 3.63) is 57.4 Å². The maximum absolute atomic E-state index is 4.50. The Labute approximate surface area is 109 Å². The Morgan fingerprint density at radius 1 is 1.38 bits per heavy atom. The van der Waals surface area contributed by atoms with E-state index >= 15 is 0 Å². The summed E-state index contributed by atoms with van der Waals surface area (Å²) in [5.74, 6) is 0. The van der Waals surface area contributed by atoms with Gasteiger partial charge in [-0.15, -0.1) is 25.3 Å². The van der Waals surface area contributed by atoms with Gasteiger partial charge in [-0.25, -0.2) is 0 Å². The van der Waals surface area contributed by atoms with E-state index in [-0.39, 0.29) is 0 Å². The van der Waals surface area contributed by atoms with Gasteiger partial charge in [0, 0.05) is 9.81 Å². The summed E-state index contributed by atoms with van der Waals surface area (Å²) in [6.07, 6.45) is 6.11. The number of hydrogen-bond donors (Lipinski definition) is 2. The van der Waals surface area contributed by atoms with Crippen LogP contribution in [0.15, 0.2) is 57.4 Å². The third-order valence-corrected chi connectivity index (χ3v) is 3.32. The Morgan fingerprint density at radius 2 is 2.00 bits per heavy atom. The van der Waals surface area contributed by atoms with Crippen molar-refractivity contribution in [2.75, 3.05) is 0 Å². The van der Waals surface area contributed by atoms with E-state index in [1.165, 1.54) is 11.1 Å². The van der Waals surface area contributed by atoms with Crippen LogP contribution in [-0.2, 0) is 0 Å². The van der Waals surface area contributed by atoms with Crippen molar-refractivity contribution in [1.82, 2.24) is 0 Å². The van der Waals surface area contributed by atoms with Crippen molar-refractivity contribution in [3.63, 3.8) is 0 Å². The second-order valence-corrected chi connectivity index (χ2v) is 5.17. The summed E-state index contributed by atoms with van der Waals surface area (Å²) in [6, 6.07) is 0. The van der Waals surface area contributed by atoms with Crippen LogP contribution < -0.4 is 0 Å². The van der Waals surface area contributed by atoms with Crippen molar-refractivity contribution < 1.29 is 0 Å². The number of allylic oxidation sites excluding steroid dienone is 6. The molecular formula is C14H18S2. The lowest BCUT2D eigenvalue weighted by molar-refractivity contribution is 0.915. The minimum absolute atomic E-state index is 0.877. The van der Waals surface area contributed by atoms with E-state index in [9.17, 15) is 0 Å². The van der Waals surface area contributed by atoms with Gasteiger partial charge in [-0.05, 0) is 50.0 Å². The third kappa shape index (κ3) is 3.46. The van der Waals surface area contributed by atoms with E-state index in [0.29, 0.717) is 0 Å². The molecule has 1 aliphatic carbocycles. The zero-order valence-corrected chi connectivity index (χ0v) is 11.7. The quantitative estimate of drug-likeness (QED) is 0.519. The van der Waals surface area contributed by atoms with Crippen LogP contribution >= 0.6 is 25.3 Å². The Bertz CT molecular complexity index is 420. The lowest BCUT2D eigenvalue weighted by atomic mass is 9.93. The summed E-state index contributed by atoms with van der Waals surface area (Å²) in [6.45, 7) is 12.0. The molecular weight excluding hydrogens is 232 g/mol. The third-order valence-electron chi connectivity index (χ3n) is 2.52. The molecule has 0 radical (unpaired) electrons. The molecule has 0 bridgehead atoms. The first-order valence-corrected chi connectivity index (χ1v) is 6.16. The summed E-state index contributed by atoms with van der Waals surface area (Å²) in [7, 11) is 0. The molecule has 0 atom stereocenters. The molecule has 0 unspecified atom stereocenters. The van der Waals surface area contributed by atoms with Gasteiger partial charge < -0.3 is 0 Å². The summed E-state index contributed by atoms with van der Waals surface area (Å²) < 4.78 is 0. The first-order valence-electron chi connectivity index (χ1n) is 5.27. The maximum atomic E-state index is 4.50. The van der Waals surface area contributed by atoms with Crippen LogP contribution in [0.4, 0.5) is 0 Å². The van der Waals surface area contributed by atoms with Gasteiger partial charge in [-0.3, -0.25) is 0 Å². The van der Waals surface area contributed by atoms with Crippen LogP contribution in [0.25, 0.3) is 0 Å². The molecule has 0 saturated heterocycles. The Morgan fingerprint density at radius 3 is 2.50 bits per heavy atom. The minimum atomic E-state index is 0.877. The van der Waals surface area contributed by atoms with Gasteiger partial charge in [0.1, 0.15) is 0 Å². The second-order valence-electron chi connectivity index (χ2n) is 4.21. The Kier molecular flexibility index (Phi) is 4.75. The second kappa shape index (κ2) is 5.65. The van der Waals surface area contributed by atoms with E-state index < -0.39 is 0 Å². The van der Waals surface area contributed by atoms with Crippen LogP contribution in [0.2, 0.25) is 0 Å². The summed E-state index contributed by atoms with van der Waals surface area (Å²) in [4.78, 5) is 1.89. The maximum Gasteiger partial charge on any atom is 0.0112 e. The molecule has 2 heteroatoms. The molecule has 0 aromatic carbocycles. The molecule has 0 nitrogen and oxygen atoms in total. The smallest absolute Gasteiger partial charge is 0.0112 e. The SMILES string of the molecule is C=C(C)/C=C(/S)C(=C)C1=C(S)C=C(C)CC1. The summed E-state index contributed by atoms with van der Waals surface area (Å²) in [5, 5.41) is 0. The molecule has 0 N–H and O–H groups in total. The molecule has 0 heterocycles. The highest BCUT2D eigenvalue weighted by molar-refractivity contribution is 7.85. The molecule has 1 aliphatic rings. The lowest BCUT2D eigenvalue weighted by Crippen LogP contribution is -1.98. The molecule has 0 fully saturated rings. The summed E-state index contributed by atoms with van der Waals surface area (Å²) in [5.41, 5.74) is 4.50. The predicted octanol–water partition coefficient (Wildman–Crippen LogP) is 4.86. The highest BCUT2D eigenvalue weighted by Crippen LogP contribution is 2.34. The average molecular weight is 250 g/mol. The topological polar surface area (TPSA) is 0 Å². The molecule has 86 valence electrons. The van der Waals surface area contributed by atoms with E-state index in [2.05, 4.69) is 51.4 Å². The highest BCUT2D eigenvalue weighted by Gasteiger charge is 2.13. The largest absolute Gasteiger partial charge is 0.143 e. The molecule has 0 aliphatic heterocycles. The van der Waals surface area contributed by atoms with Crippen LogP contribution in [0, 0.1) is 0 Å². The van der Waals surface area contributed by atoms with Gasteiger partial charge in [-0.2, -0.15) is 0 Å². The Hall–Kier alpha value is -0.600. The molecule has 0 aromatic heterocycles. The highest BCUT2D eigenvalue weighted by atomic mass is 32.1. The first-order chi connectivity index (χ1) is 7.41. The zero-order valence-electron chi connectivity index (χ0n) is 9.88. The fourth-order valence-corrected chi connectivity index (χ4v) is 2.45. The van der Waals surface area contributed by atoms with Crippen LogP contribution in [0.1, 0.15) is 26.7 Å². The number of thiol groups is 2. The van der Waals surface area contributed by atoms with E-state index in [1.54, 1.807) is 0 Å². The summed E-state index contributed by atoms with van der Waals surface area (Å²) >= 11 is 8.95. The molecule has 0 saturated carbocycles. The van der Waals surface area contributed by atoms with Gasteiger partial charge in [0.05, 0.1) is 0 Å². The number of rotatable bonds is 3. The minimum Gasteiger partial charge on any atom is -0.143 e. The standard InChI is InChI=1S/C14H18S2/c1-9(2)7-13(15)11(4)12-6-5-10(3)8-14(12)16/h7-8,15-16H,1,4-6H2,2-3H3/b13-7+. The molecule has 0 amide bonds. The van der Waals surface area contributed by atoms with E-state index in [0.717, 1.165) is 33.8 Å². The van der Waals surface area contributed by atoms with E-state index in [4.69, 9.17) is 0 Å². The fraction of sp³-hybridized carbons (Fsp3) is 0.286. The van der Waals surface area contributed by atoms with Gasteiger partial charge in [-0.1, -0.05) is 24.3 Å². The van der Waals surface area contributed by atoms with Crippen molar-refractivity contribution in [1.29, 1.82) is 0 Å². The van der Waals surface area contributed by atoms with Crippen molar-refractivity contribution in [3.8, 4) is 0 Å². The first kappa shape index (κ1) is 13.5. The lowest BCUT2D eigenvalue weighted by Gasteiger charge is -2.18. The Balaban J connectivity index is 2.99. The monoisotopic (exact) mass is 250 g/mol. The van der Waals surface area contributed by atoms with Gasteiger partial charge in [0.15, 0.2) is 0 Å². The van der Waals surface area contributed by atoms with Crippen LogP contribution in [0.3, 0.4) is 0 Å². The molecule has 0 aromatic rings. The van der Waals surface area contributed by atoms with E-state index in [1.807, 2.05) is 13.0 Å². The van der Waals surface area contributed by atoms with Crippen LogP contribution in [0.5, 0.6) is 0 Å². The van der Waals surface area contributed by atoms with Crippen molar-refractivity contribution in [2.24, 2.45) is 0 Å². The predicted molar refractivity (Wildman–Crippen MR) is 80.0 cm³/mol. The fourth-order valence-electron chi connectivity index (χ4n) is 1.62. The van der Waals surface area contributed by atoms with Crippen molar-refractivity contribution in [2.45, 2.75) is 26.7 Å². The van der Waals surface area contributed by atoms with Gasteiger partial charge in [0.2, 0.25) is 0 Å². The van der Waals surface area contributed by atoms with Crippen LogP contribution in [-0.4, -0.2) is 0 Å². The van der Waals surface area contributed by atoms with Crippen molar-refractivity contribution >= 4 is 25.3 Å². The molecule has 16 heavy (non-hydrogen) atoms. The zero-order chi connectivity index (χ0) is 12.3. The normalized spacial score (nSPS) is 17.2. The molecule has 0 spiro atoms. The van der Waals surface area contributed by atoms with Gasteiger partial charge in [0.25, 0.3) is 0 Å². The average Bonchev–Trinajstić information content (AvgIpc) is 2.15.